The first-order valence-electron chi connectivity index (χ1n) is 8.91. The first-order valence-corrected chi connectivity index (χ1v) is 10.6. The minimum absolute atomic E-state index is 0.247. The van der Waals surface area contributed by atoms with E-state index in [-0.39, 0.29) is 6.04 Å². The maximum Gasteiger partial charge on any atom is 0.204 e. The lowest BCUT2D eigenvalue weighted by atomic mass is 9.96. The van der Waals surface area contributed by atoms with E-state index >= 15 is 0 Å². The van der Waals surface area contributed by atoms with Crippen LogP contribution in [-0.2, 0) is 4.57 Å². The molecular weight excluding hydrogens is 313 g/mol. The third-order valence-electron chi connectivity index (χ3n) is 4.12. The smallest absolute Gasteiger partial charge is 0.204 e. The maximum atomic E-state index is 14.1. The van der Waals surface area contributed by atoms with Crippen molar-refractivity contribution in [3.05, 3.63) is 60.7 Å². The van der Waals surface area contributed by atoms with Crippen LogP contribution < -0.4 is 15.7 Å². The van der Waals surface area contributed by atoms with Crippen LogP contribution in [0.25, 0.3) is 0 Å². The molecule has 0 aliphatic rings. The lowest BCUT2D eigenvalue weighted by Gasteiger charge is -2.29. The van der Waals surface area contributed by atoms with Gasteiger partial charge in [0.15, 0.2) is 0 Å². The molecule has 3 heteroatoms. The summed E-state index contributed by atoms with van der Waals surface area (Å²) in [5, 5.41) is 5.35. The molecule has 0 bridgehead atoms. The van der Waals surface area contributed by atoms with E-state index in [0.29, 0.717) is 11.8 Å². The van der Waals surface area contributed by atoms with Gasteiger partial charge in [-0.15, -0.1) is 0 Å². The van der Waals surface area contributed by atoms with Gasteiger partial charge in [-0.3, -0.25) is 9.65 Å². The molecule has 0 fully saturated rings. The second kappa shape index (κ2) is 8.65. The average Bonchev–Trinajstić information content (AvgIpc) is 2.55. The molecule has 130 valence electrons. The van der Waals surface area contributed by atoms with E-state index in [1.54, 1.807) is 0 Å². The van der Waals surface area contributed by atoms with E-state index < -0.39 is 7.29 Å². The van der Waals surface area contributed by atoms with Gasteiger partial charge in [-0.25, -0.2) is 0 Å². The van der Waals surface area contributed by atoms with Crippen molar-refractivity contribution in [1.29, 1.82) is 0 Å². The van der Waals surface area contributed by atoms with Gasteiger partial charge in [0.05, 0.1) is 0 Å². The third-order valence-corrected chi connectivity index (χ3v) is 6.90. The summed E-state index contributed by atoms with van der Waals surface area (Å²) in [6.07, 6.45) is 2.06. The van der Waals surface area contributed by atoms with Crippen LogP contribution in [0.1, 0.15) is 40.5 Å². The van der Waals surface area contributed by atoms with Gasteiger partial charge in [-0.1, -0.05) is 64.1 Å². The van der Waals surface area contributed by atoms with Gasteiger partial charge in [0.1, 0.15) is 0 Å². The highest BCUT2D eigenvalue weighted by molar-refractivity contribution is 7.76. The van der Waals surface area contributed by atoms with Gasteiger partial charge < -0.3 is 0 Å². The molecule has 0 spiro atoms. The zero-order valence-electron chi connectivity index (χ0n) is 15.3. The van der Waals surface area contributed by atoms with Crippen molar-refractivity contribution in [2.24, 2.45) is 11.8 Å². The van der Waals surface area contributed by atoms with Crippen LogP contribution in [0.2, 0.25) is 0 Å². The van der Waals surface area contributed by atoms with E-state index in [9.17, 15) is 4.57 Å². The SMILES string of the molecule is CC(C)CC(CC(C)C)NP(=O)(c1ccccc1)c1ccccc1. The predicted molar refractivity (Wildman–Crippen MR) is 106 cm³/mol. The summed E-state index contributed by atoms with van der Waals surface area (Å²) in [6.45, 7) is 8.91. The van der Waals surface area contributed by atoms with Gasteiger partial charge >= 0.3 is 0 Å². The van der Waals surface area contributed by atoms with Crippen molar-refractivity contribution < 1.29 is 4.57 Å². The summed E-state index contributed by atoms with van der Waals surface area (Å²) in [5.74, 6) is 1.14. The molecule has 0 heterocycles. The third kappa shape index (κ3) is 5.06. The van der Waals surface area contributed by atoms with Crippen LogP contribution >= 0.6 is 7.29 Å². The van der Waals surface area contributed by atoms with Crippen molar-refractivity contribution in [2.75, 3.05) is 0 Å². The van der Waals surface area contributed by atoms with Crippen molar-refractivity contribution in [3.63, 3.8) is 0 Å². The van der Waals surface area contributed by atoms with Crippen molar-refractivity contribution in [2.45, 2.75) is 46.6 Å². The quantitative estimate of drug-likeness (QED) is 0.686. The largest absolute Gasteiger partial charge is 0.297 e. The molecule has 1 N–H and O–H groups in total. The normalized spacial score (nSPS) is 12.3. The zero-order valence-corrected chi connectivity index (χ0v) is 16.2. The molecule has 2 rings (SSSR count). The van der Waals surface area contributed by atoms with Crippen LogP contribution in [0, 0.1) is 11.8 Å². The van der Waals surface area contributed by atoms with Gasteiger partial charge in [-0.05, 0) is 48.9 Å². The Labute approximate surface area is 147 Å². The fourth-order valence-electron chi connectivity index (χ4n) is 3.17. The van der Waals surface area contributed by atoms with Crippen LogP contribution in [-0.4, -0.2) is 6.04 Å². The van der Waals surface area contributed by atoms with E-state index in [0.717, 1.165) is 23.5 Å². The Bertz CT molecular complexity index is 599. The molecular formula is C21H30NOP. The van der Waals surface area contributed by atoms with Gasteiger partial charge in [-0.2, -0.15) is 0 Å². The molecule has 24 heavy (non-hydrogen) atoms. The fourth-order valence-corrected chi connectivity index (χ4v) is 5.68. The average molecular weight is 343 g/mol. The van der Waals surface area contributed by atoms with Gasteiger partial charge in [0.25, 0.3) is 0 Å². The van der Waals surface area contributed by atoms with Crippen molar-refractivity contribution in [1.82, 2.24) is 5.09 Å². The molecule has 0 radical (unpaired) electrons. The molecule has 2 aromatic rings. The minimum atomic E-state index is -2.84. The second-order valence-electron chi connectivity index (χ2n) is 7.37. The standard InChI is InChI=1S/C21H30NOP/c1-17(2)15-19(16-18(3)4)22-24(23,20-11-7-5-8-12-20)21-13-9-6-10-14-21/h5-14,17-19H,15-16H2,1-4H3,(H,22,23). The number of hydrogen-bond donors (Lipinski definition) is 1. The summed E-state index contributed by atoms with van der Waals surface area (Å²) < 4.78 is 14.1. The van der Waals surface area contributed by atoms with Gasteiger partial charge in [0.2, 0.25) is 7.29 Å². The first kappa shape index (κ1) is 19.0. The van der Waals surface area contributed by atoms with E-state index in [2.05, 4.69) is 32.8 Å². The summed E-state index contributed by atoms with van der Waals surface area (Å²) in [6, 6.07) is 19.9. The number of hydrogen-bond acceptors (Lipinski definition) is 1. The van der Waals surface area contributed by atoms with Crippen LogP contribution in [0.3, 0.4) is 0 Å². The monoisotopic (exact) mass is 343 g/mol. The maximum absolute atomic E-state index is 14.1. The van der Waals surface area contributed by atoms with Crippen LogP contribution in [0.5, 0.6) is 0 Å². The molecule has 2 nitrogen and oxygen atoms in total. The van der Waals surface area contributed by atoms with Gasteiger partial charge in [0, 0.05) is 16.7 Å². The molecule has 2 aromatic carbocycles. The summed E-state index contributed by atoms with van der Waals surface area (Å²) in [4.78, 5) is 0. The Morgan fingerprint density at radius 3 is 1.46 bits per heavy atom. The van der Waals surface area contributed by atoms with Crippen LogP contribution in [0.4, 0.5) is 0 Å². The van der Waals surface area contributed by atoms with Crippen molar-refractivity contribution in [3.8, 4) is 0 Å². The highest BCUT2D eigenvalue weighted by Crippen LogP contribution is 2.40. The highest BCUT2D eigenvalue weighted by Gasteiger charge is 2.30. The second-order valence-corrected chi connectivity index (χ2v) is 9.88. The summed E-state index contributed by atoms with van der Waals surface area (Å²) >= 11 is 0. The lowest BCUT2D eigenvalue weighted by Crippen LogP contribution is -2.36. The Kier molecular flexibility index (Phi) is 6.83. The summed E-state index contributed by atoms with van der Waals surface area (Å²) in [7, 11) is -2.84. The van der Waals surface area contributed by atoms with E-state index in [4.69, 9.17) is 0 Å². The first-order chi connectivity index (χ1) is 11.4. The van der Waals surface area contributed by atoms with Crippen molar-refractivity contribution >= 4 is 17.9 Å². The molecule has 0 aliphatic carbocycles. The molecule has 0 saturated carbocycles. The number of rotatable bonds is 8. The summed E-state index contributed by atoms with van der Waals surface area (Å²) in [5.41, 5.74) is 0. The molecule has 0 atom stereocenters. The predicted octanol–water partition coefficient (Wildman–Crippen LogP) is 4.97. The molecule has 0 amide bonds. The molecule has 0 unspecified atom stereocenters. The lowest BCUT2D eigenvalue weighted by molar-refractivity contribution is 0.398. The van der Waals surface area contributed by atoms with E-state index in [1.807, 2.05) is 60.7 Å². The minimum Gasteiger partial charge on any atom is -0.297 e. The Hall–Kier alpha value is -1.37. The number of nitrogens with one attached hydrogen (secondary N) is 1. The highest BCUT2D eigenvalue weighted by atomic mass is 31.2. The Balaban J connectivity index is 2.41. The topological polar surface area (TPSA) is 29.1 Å². The molecule has 0 saturated heterocycles. The Morgan fingerprint density at radius 1 is 0.750 bits per heavy atom. The number of benzene rings is 2. The van der Waals surface area contributed by atoms with Crippen LogP contribution in [0.15, 0.2) is 60.7 Å². The van der Waals surface area contributed by atoms with E-state index in [1.165, 1.54) is 0 Å². The zero-order chi connectivity index (χ0) is 17.6. The molecule has 0 aromatic heterocycles. The fraction of sp³-hybridized carbons (Fsp3) is 0.429. The molecule has 0 aliphatic heterocycles. The Morgan fingerprint density at radius 2 is 1.12 bits per heavy atom.